The lowest BCUT2D eigenvalue weighted by atomic mass is 10.1. The molecule has 0 heterocycles. The first-order chi connectivity index (χ1) is 7.88. The topological polar surface area (TPSA) is 51.5 Å². The molecule has 86 valence electrons. The lowest BCUT2D eigenvalue weighted by Gasteiger charge is -2.10. The van der Waals surface area contributed by atoms with Crippen molar-refractivity contribution >= 4 is 0 Å². The van der Waals surface area contributed by atoms with Crippen molar-refractivity contribution in [3.05, 3.63) is 35.9 Å². The molecule has 0 amide bonds. The number of methoxy groups -OCH3 is 1. The minimum Gasteiger partial charge on any atom is -0.382 e. The highest BCUT2D eigenvalue weighted by Crippen LogP contribution is 2.15. The maximum Gasteiger partial charge on any atom is 0.171 e. The number of benzene rings is 1. The van der Waals surface area contributed by atoms with Gasteiger partial charge in [-0.3, -0.25) is 0 Å². The van der Waals surface area contributed by atoms with Gasteiger partial charge in [-0.15, -0.1) is 0 Å². The molecule has 4 nitrogen and oxygen atoms in total. The molecule has 0 N–H and O–H groups in total. The van der Waals surface area contributed by atoms with Gasteiger partial charge in [-0.1, -0.05) is 30.3 Å². The Hall–Kier alpha value is -1.41. The van der Waals surface area contributed by atoms with Gasteiger partial charge in [0.1, 0.15) is 6.79 Å². The average molecular weight is 221 g/mol. The largest absolute Gasteiger partial charge is 0.382 e. The second kappa shape index (κ2) is 7.83. The number of nitrogens with zero attached hydrogens (tertiary/aromatic N) is 1. The van der Waals surface area contributed by atoms with Gasteiger partial charge in [0.05, 0.1) is 19.3 Å². The minimum absolute atomic E-state index is 0.0937. The molecule has 1 unspecified atom stereocenters. The zero-order chi connectivity index (χ0) is 11.6. The maximum atomic E-state index is 8.93. The molecule has 1 aromatic rings. The number of nitriles is 1. The Bertz CT molecular complexity index is 321. The van der Waals surface area contributed by atoms with Crippen molar-refractivity contribution in [2.45, 2.75) is 6.10 Å². The van der Waals surface area contributed by atoms with E-state index >= 15 is 0 Å². The fourth-order valence-corrected chi connectivity index (χ4v) is 1.15. The molecule has 1 atom stereocenters. The van der Waals surface area contributed by atoms with Crippen LogP contribution in [0.25, 0.3) is 0 Å². The smallest absolute Gasteiger partial charge is 0.171 e. The third kappa shape index (κ3) is 4.41. The van der Waals surface area contributed by atoms with E-state index in [1.54, 1.807) is 7.11 Å². The van der Waals surface area contributed by atoms with Gasteiger partial charge >= 0.3 is 0 Å². The highest BCUT2D eigenvalue weighted by atomic mass is 16.7. The van der Waals surface area contributed by atoms with Gasteiger partial charge in [0, 0.05) is 7.11 Å². The first-order valence-electron chi connectivity index (χ1n) is 5.01. The lowest BCUT2D eigenvalue weighted by molar-refractivity contribution is -0.0840. The maximum absolute atomic E-state index is 8.93. The summed E-state index contributed by atoms with van der Waals surface area (Å²) >= 11 is 0. The summed E-state index contributed by atoms with van der Waals surface area (Å²) in [5.74, 6) is 0. The molecule has 0 fully saturated rings. The Labute approximate surface area is 95.4 Å². The van der Waals surface area contributed by atoms with Crippen LogP contribution in [0.1, 0.15) is 11.7 Å². The predicted octanol–water partition coefficient (Wildman–Crippen LogP) is 1.89. The second-order valence-corrected chi connectivity index (χ2v) is 3.11. The van der Waals surface area contributed by atoms with E-state index < -0.39 is 6.10 Å². The Morgan fingerprint density at radius 1 is 1.25 bits per heavy atom. The van der Waals surface area contributed by atoms with Crippen LogP contribution in [-0.4, -0.2) is 27.1 Å². The molecule has 0 saturated carbocycles. The van der Waals surface area contributed by atoms with Crippen LogP contribution in [0.5, 0.6) is 0 Å². The summed E-state index contributed by atoms with van der Waals surface area (Å²) < 4.78 is 15.2. The van der Waals surface area contributed by atoms with Gasteiger partial charge < -0.3 is 14.2 Å². The van der Waals surface area contributed by atoms with E-state index in [0.29, 0.717) is 13.2 Å². The van der Waals surface area contributed by atoms with E-state index in [0.717, 1.165) is 5.56 Å². The third-order valence-corrected chi connectivity index (χ3v) is 1.97. The van der Waals surface area contributed by atoms with Crippen molar-refractivity contribution in [1.29, 1.82) is 5.26 Å². The summed E-state index contributed by atoms with van der Waals surface area (Å²) in [7, 11) is 1.60. The van der Waals surface area contributed by atoms with Gasteiger partial charge in [-0.05, 0) is 5.56 Å². The van der Waals surface area contributed by atoms with E-state index in [2.05, 4.69) is 6.07 Å². The standard InChI is InChI=1S/C12H15NO3/c1-14-7-8-15-10-16-12(9-13)11-5-3-2-4-6-11/h2-6,12H,7-8,10H2,1H3. The number of hydrogen-bond donors (Lipinski definition) is 0. The molecule has 0 saturated heterocycles. The monoisotopic (exact) mass is 221 g/mol. The number of hydrogen-bond acceptors (Lipinski definition) is 4. The molecule has 1 aromatic carbocycles. The van der Waals surface area contributed by atoms with Gasteiger partial charge in [0.15, 0.2) is 6.10 Å². The van der Waals surface area contributed by atoms with E-state index in [1.807, 2.05) is 30.3 Å². The summed E-state index contributed by atoms with van der Waals surface area (Å²) in [6.45, 7) is 1.08. The van der Waals surface area contributed by atoms with Crippen LogP contribution >= 0.6 is 0 Å². The summed E-state index contributed by atoms with van der Waals surface area (Å²) in [6.07, 6.45) is -0.580. The molecule has 0 aliphatic heterocycles. The van der Waals surface area contributed by atoms with Crippen molar-refractivity contribution in [2.75, 3.05) is 27.1 Å². The molecule has 0 aromatic heterocycles. The molecular formula is C12H15NO3. The van der Waals surface area contributed by atoms with Crippen molar-refractivity contribution in [3.63, 3.8) is 0 Å². The molecule has 16 heavy (non-hydrogen) atoms. The van der Waals surface area contributed by atoms with E-state index in [-0.39, 0.29) is 6.79 Å². The van der Waals surface area contributed by atoms with E-state index in [1.165, 1.54) is 0 Å². The van der Waals surface area contributed by atoms with Crippen molar-refractivity contribution in [3.8, 4) is 6.07 Å². The van der Waals surface area contributed by atoms with Crippen LogP contribution in [0, 0.1) is 11.3 Å². The zero-order valence-electron chi connectivity index (χ0n) is 9.26. The van der Waals surface area contributed by atoms with E-state index in [4.69, 9.17) is 19.5 Å². The Morgan fingerprint density at radius 2 is 2.00 bits per heavy atom. The Balaban J connectivity index is 2.31. The quantitative estimate of drug-likeness (QED) is 0.521. The minimum atomic E-state index is -0.580. The summed E-state index contributed by atoms with van der Waals surface area (Å²) in [4.78, 5) is 0. The fourth-order valence-electron chi connectivity index (χ4n) is 1.15. The summed E-state index contributed by atoms with van der Waals surface area (Å²) in [6, 6.07) is 11.4. The number of ether oxygens (including phenoxy) is 3. The van der Waals surface area contributed by atoms with E-state index in [9.17, 15) is 0 Å². The molecule has 0 radical (unpaired) electrons. The van der Waals surface area contributed by atoms with Crippen molar-refractivity contribution in [2.24, 2.45) is 0 Å². The molecule has 0 bridgehead atoms. The average Bonchev–Trinajstić information content (AvgIpc) is 2.35. The van der Waals surface area contributed by atoms with Gasteiger partial charge in [0.25, 0.3) is 0 Å². The molecule has 4 heteroatoms. The van der Waals surface area contributed by atoms with Gasteiger partial charge in [-0.25, -0.2) is 0 Å². The first-order valence-corrected chi connectivity index (χ1v) is 5.01. The molecule has 0 spiro atoms. The van der Waals surface area contributed by atoms with Gasteiger partial charge in [0.2, 0.25) is 0 Å². The van der Waals surface area contributed by atoms with Crippen LogP contribution in [0.2, 0.25) is 0 Å². The fraction of sp³-hybridized carbons (Fsp3) is 0.417. The number of rotatable bonds is 7. The Kier molecular flexibility index (Phi) is 6.19. The molecular weight excluding hydrogens is 206 g/mol. The Morgan fingerprint density at radius 3 is 2.62 bits per heavy atom. The van der Waals surface area contributed by atoms with Crippen molar-refractivity contribution < 1.29 is 14.2 Å². The molecule has 1 rings (SSSR count). The van der Waals surface area contributed by atoms with Crippen LogP contribution in [0.15, 0.2) is 30.3 Å². The SMILES string of the molecule is COCCOCOC(C#N)c1ccccc1. The second-order valence-electron chi connectivity index (χ2n) is 3.11. The predicted molar refractivity (Wildman–Crippen MR) is 58.6 cm³/mol. The van der Waals surface area contributed by atoms with Crippen molar-refractivity contribution in [1.82, 2.24) is 0 Å². The van der Waals surface area contributed by atoms with Gasteiger partial charge in [-0.2, -0.15) is 5.26 Å². The highest BCUT2D eigenvalue weighted by Gasteiger charge is 2.09. The highest BCUT2D eigenvalue weighted by molar-refractivity contribution is 5.21. The third-order valence-electron chi connectivity index (χ3n) is 1.97. The summed E-state index contributed by atoms with van der Waals surface area (Å²) in [5.41, 5.74) is 0.834. The normalized spacial score (nSPS) is 12.0. The van der Waals surface area contributed by atoms with Crippen LogP contribution in [0.4, 0.5) is 0 Å². The lowest BCUT2D eigenvalue weighted by Crippen LogP contribution is -2.09. The first kappa shape index (κ1) is 12.7. The van der Waals surface area contributed by atoms with Crippen LogP contribution in [-0.2, 0) is 14.2 Å². The molecule has 0 aliphatic rings. The molecule has 0 aliphatic carbocycles. The summed E-state index contributed by atoms with van der Waals surface area (Å²) in [5, 5.41) is 8.93. The zero-order valence-corrected chi connectivity index (χ0v) is 9.26. The van der Waals surface area contributed by atoms with Crippen LogP contribution in [0.3, 0.4) is 0 Å². The van der Waals surface area contributed by atoms with Crippen LogP contribution < -0.4 is 0 Å².